The van der Waals surface area contributed by atoms with E-state index in [1.165, 1.54) is 44.9 Å². The summed E-state index contributed by atoms with van der Waals surface area (Å²) in [7, 11) is -5.05. The lowest BCUT2D eigenvalue weighted by Gasteiger charge is -2.64. The molecular formula is C37H65NO4Si3. The minimum absolute atomic E-state index is 0.143. The van der Waals surface area contributed by atoms with Crippen molar-refractivity contribution in [1.82, 2.24) is 0 Å². The highest BCUT2D eigenvalue weighted by Gasteiger charge is 2.64. The molecule has 4 saturated carbocycles. The Balaban J connectivity index is 1.43. The van der Waals surface area contributed by atoms with Crippen LogP contribution in [0.5, 0.6) is 0 Å². The lowest BCUT2D eigenvalue weighted by atomic mass is 9.44. The Hall–Kier alpha value is -0.779. The van der Waals surface area contributed by atoms with Crippen LogP contribution in [0.1, 0.15) is 70.8 Å². The summed E-state index contributed by atoms with van der Waals surface area (Å²) in [5.74, 6) is 3.18. The number of rotatable bonds is 11. The van der Waals surface area contributed by atoms with E-state index in [9.17, 15) is 0 Å². The largest absolute Gasteiger partial charge is 0.415 e. The number of hydrogen-bond acceptors (Lipinski definition) is 5. The Labute approximate surface area is 279 Å². The summed E-state index contributed by atoms with van der Waals surface area (Å²) < 4.78 is 20.6. The quantitative estimate of drug-likeness (QED) is 0.133. The van der Waals surface area contributed by atoms with Gasteiger partial charge in [0.1, 0.15) is 6.61 Å². The molecule has 4 aliphatic carbocycles. The van der Waals surface area contributed by atoms with Crippen LogP contribution in [0.25, 0.3) is 0 Å². The first-order chi connectivity index (χ1) is 20.9. The van der Waals surface area contributed by atoms with E-state index in [4.69, 9.17) is 23.3 Å². The molecule has 0 heterocycles. The fourth-order valence-corrected chi connectivity index (χ4v) is 13.2. The van der Waals surface area contributed by atoms with Gasteiger partial charge >= 0.3 is 0 Å². The number of nitrogens with zero attached hydrogens (tertiary/aromatic N) is 1. The molecule has 0 bridgehead atoms. The molecule has 8 heteroatoms. The maximum absolute atomic E-state index is 7.34. The highest BCUT2D eigenvalue weighted by molar-refractivity contribution is 6.70. The van der Waals surface area contributed by atoms with Crippen molar-refractivity contribution in [1.29, 1.82) is 0 Å². The molecule has 9 atom stereocenters. The third-order valence-electron chi connectivity index (χ3n) is 11.9. The van der Waals surface area contributed by atoms with Gasteiger partial charge in [-0.2, -0.15) is 0 Å². The summed E-state index contributed by atoms with van der Waals surface area (Å²) in [6.45, 7) is 27.4. The van der Waals surface area contributed by atoms with Gasteiger partial charge in [-0.25, -0.2) is 0 Å². The second-order valence-corrected chi connectivity index (χ2v) is 32.0. The van der Waals surface area contributed by atoms with Crippen LogP contribution in [0.3, 0.4) is 0 Å². The first-order valence-corrected chi connectivity index (χ1v) is 28.3. The smallest absolute Gasteiger partial charge is 0.184 e. The van der Waals surface area contributed by atoms with Gasteiger partial charge in [-0.05, 0) is 150 Å². The monoisotopic (exact) mass is 671 g/mol. The first kappa shape index (κ1) is 35.5. The third kappa shape index (κ3) is 8.27. The molecule has 1 aromatic rings. The maximum Gasteiger partial charge on any atom is 0.184 e. The lowest BCUT2D eigenvalue weighted by molar-refractivity contribution is -0.168. The topological polar surface area (TPSA) is 49.3 Å². The summed E-state index contributed by atoms with van der Waals surface area (Å²) in [4.78, 5) is 6.12. The molecule has 45 heavy (non-hydrogen) atoms. The normalized spacial score (nSPS) is 37.5. The fraction of sp³-hybridized carbons (Fsp3) is 0.811. The number of hydrogen-bond donors (Lipinski definition) is 0. The number of fused-ring (bicyclic) bond motifs is 5. The van der Waals surface area contributed by atoms with E-state index >= 15 is 0 Å². The van der Waals surface area contributed by atoms with Gasteiger partial charge in [-0.1, -0.05) is 49.3 Å². The molecule has 0 N–H and O–H groups in total. The van der Waals surface area contributed by atoms with E-state index in [2.05, 4.69) is 103 Å². The minimum Gasteiger partial charge on any atom is -0.415 e. The zero-order chi connectivity index (χ0) is 32.8. The highest BCUT2D eigenvalue weighted by Crippen LogP contribution is 2.68. The van der Waals surface area contributed by atoms with Crippen LogP contribution in [0, 0.1) is 40.4 Å². The Morgan fingerprint density at radius 3 is 2.13 bits per heavy atom. The van der Waals surface area contributed by atoms with Gasteiger partial charge in [-0.15, -0.1) is 0 Å². The summed E-state index contributed by atoms with van der Waals surface area (Å²) in [5.41, 5.74) is 2.77. The van der Waals surface area contributed by atoms with Gasteiger partial charge in [0.05, 0.1) is 12.3 Å². The molecule has 0 aromatic heterocycles. The van der Waals surface area contributed by atoms with E-state index in [1.54, 1.807) is 0 Å². The molecule has 0 radical (unpaired) electrons. The van der Waals surface area contributed by atoms with Crippen molar-refractivity contribution in [2.75, 3.05) is 6.61 Å². The number of oxime groups is 1. The van der Waals surface area contributed by atoms with Crippen LogP contribution in [0.4, 0.5) is 0 Å². The zero-order valence-corrected chi connectivity index (χ0v) is 33.6. The molecule has 0 amide bonds. The van der Waals surface area contributed by atoms with E-state index in [-0.39, 0.29) is 5.41 Å². The molecule has 4 fully saturated rings. The predicted molar refractivity (Wildman–Crippen MR) is 195 cm³/mol. The van der Waals surface area contributed by atoms with Gasteiger partial charge in [0.2, 0.25) is 0 Å². The average Bonchev–Trinajstić information content (AvgIpc) is 3.25. The molecule has 0 spiro atoms. The van der Waals surface area contributed by atoms with Gasteiger partial charge in [0, 0.05) is 18.1 Å². The standard InChI is InChI=1S/C37H65NO4Si3/c1-36-22-21-29(41-44(6,7)8)23-28(36)17-18-30-31-19-20-32(37(31,2)24-34(35(30)36)42-45(9,10)11)33(26-40-43(3,4)5)38-39-25-27-15-13-12-14-16-27/h12-16,28-32,34-35H,17-26H2,1-11H3/b38-33-/t28-,29-,30+,31+,32-,34+,35-,36+,37+/m1/s1. The molecule has 0 saturated heterocycles. The van der Waals surface area contributed by atoms with Crippen molar-refractivity contribution in [2.24, 2.45) is 45.6 Å². The molecule has 1 aromatic carbocycles. The summed E-state index contributed by atoms with van der Waals surface area (Å²) in [6, 6.07) is 10.4. The first-order valence-electron chi connectivity index (χ1n) is 18.1. The molecule has 0 aliphatic heterocycles. The van der Waals surface area contributed by atoms with Crippen LogP contribution >= 0.6 is 0 Å². The number of benzene rings is 1. The Bertz CT molecular complexity index is 1170. The summed E-state index contributed by atoms with van der Waals surface area (Å²) >= 11 is 0. The molecular weight excluding hydrogens is 607 g/mol. The lowest BCUT2D eigenvalue weighted by Crippen LogP contribution is -2.61. The maximum atomic E-state index is 7.34. The summed E-state index contributed by atoms with van der Waals surface area (Å²) in [6.07, 6.45) is 10.8. The molecule has 254 valence electrons. The Morgan fingerprint density at radius 1 is 0.800 bits per heavy atom. The van der Waals surface area contributed by atoms with E-state index in [0.717, 1.165) is 29.5 Å². The van der Waals surface area contributed by atoms with Crippen LogP contribution in [0.15, 0.2) is 35.5 Å². The van der Waals surface area contributed by atoms with Crippen molar-refractivity contribution in [3.63, 3.8) is 0 Å². The van der Waals surface area contributed by atoms with Crippen molar-refractivity contribution in [3.8, 4) is 0 Å². The van der Waals surface area contributed by atoms with Gasteiger partial charge in [-0.3, -0.25) is 0 Å². The third-order valence-corrected chi connectivity index (χ3v) is 14.9. The second-order valence-electron chi connectivity index (χ2n) is 18.6. The van der Waals surface area contributed by atoms with E-state index in [0.29, 0.717) is 48.6 Å². The molecule has 0 unspecified atom stereocenters. The SMILES string of the molecule is C[C@]12CC[C@@H](O[Si](C)(C)C)C[C@H]1CC[C@@H]1[C@@H]2[C@@H](O[Si](C)(C)C)C[C@]2(C)[C@@H](/C(CO[Si](C)(C)C)=N\OCc3ccccc3)CC[C@@H]12. The summed E-state index contributed by atoms with van der Waals surface area (Å²) in [5, 5.41) is 4.93. The van der Waals surface area contributed by atoms with Crippen LogP contribution in [-0.4, -0.2) is 49.5 Å². The molecule has 5 rings (SSSR count). The second kappa shape index (κ2) is 13.3. The average molecular weight is 672 g/mol. The van der Waals surface area contributed by atoms with Gasteiger partial charge < -0.3 is 18.1 Å². The van der Waals surface area contributed by atoms with Gasteiger partial charge in [0.15, 0.2) is 25.0 Å². The zero-order valence-electron chi connectivity index (χ0n) is 30.6. The van der Waals surface area contributed by atoms with Crippen molar-refractivity contribution >= 4 is 30.7 Å². The van der Waals surface area contributed by atoms with Crippen LogP contribution in [-0.2, 0) is 24.7 Å². The van der Waals surface area contributed by atoms with Crippen molar-refractivity contribution in [2.45, 2.75) is 143 Å². The van der Waals surface area contributed by atoms with E-state index in [1.807, 2.05) is 0 Å². The Morgan fingerprint density at radius 2 is 1.49 bits per heavy atom. The minimum atomic E-state index is -1.77. The van der Waals surface area contributed by atoms with Crippen molar-refractivity contribution in [3.05, 3.63) is 35.9 Å². The highest BCUT2D eigenvalue weighted by atomic mass is 28.4. The van der Waals surface area contributed by atoms with Crippen LogP contribution in [0.2, 0.25) is 58.9 Å². The van der Waals surface area contributed by atoms with Gasteiger partial charge in [0.25, 0.3) is 0 Å². The van der Waals surface area contributed by atoms with E-state index < -0.39 is 25.0 Å². The molecule has 4 aliphatic rings. The molecule has 5 nitrogen and oxygen atoms in total. The van der Waals surface area contributed by atoms with Crippen molar-refractivity contribution < 1.29 is 18.1 Å². The van der Waals surface area contributed by atoms with Crippen LogP contribution < -0.4 is 0 Å². The predicted octanol–water partition coefficient (Wildman–Crippen LogP) is 10.1. The fourth-order valence-electron chi connectivity index (χ4n) is 10.3. The Kier molecular flexibility index (Phi) is 10.5.